The summed E-state index contributed by atoms with van der Waals surface area (Å²) in [6.07, 6.45) is 0.356. The first-order valence-corrected chi connectivity index (χ1v) is 8.74. The molecule has 0 unspecified atom stereocenters. The molecule has 3 aromatic carbocycles. The highest BCUT2D eigenvalue weighted by Gasteiger charge is 2.19. The number of rotatable bonds is 4. The van der Waals surface area contributed by atoms with E-state index in [-0.39, 0.29) is 0 Å². The van der Waals surface area contributed by atoms with Gasteiger partial charge in [0.15, 0.2) is 0 Å². The molecule has 1 heterocycles. The van der Waals surface area contributed by atoms with Crippen LogP contribution in [-0.2, 0) is 6.42 Å². The van der Waals surface area contributed by atoms with Crippen LogP contribution in [0.4, 0.5) is 0 Å². The van der Waals surface area contributed by atoms with Crippen molar-refractivity contribution < 1.29 is 5.21 Å². The zero-order chi connectivity index (χ0) is 18.6. The van der Waals surface area contributed by atoms with Crippen molar-refractivity contribution in [3.8, 4) is 22.5 Å². The normalized spacial score (nSPS) is 10.7. The molecule has 0 saturated carbocycles. The maximum atomic E-state index is 12.8. The number of hydrogen-bond acceptors (Lipinski definition) is 3. The van der Waals surface area contributed by atoms with Crippen molar-refractivity contribution in [2.24, 2.45) is 0 Å². The van der Waals surface area contributed by atoms with Crippen LogP contribution >= 0.6 is 0 Å². The highest BCUT2D eigenvalue weighted by atomic mass is 16.5. The van der Waals surface area contributed by atoms with Gasteiger partial charge in [-0.05, 0) is 5.56 Å². The minimum absolute atomic E-state index is 0.308. The summed E-state index contributed by atoms with van der Waals surface area (Å²) in [4.78, 5) is 17.5. The molecule has 0 aliphatic heterocycles. The molecule has 0 saturated heterocycles. The molecule has 0 spiro atoms. The van der Waals surface area contributed by atoms with E-state index in [9.17, 15) is 10.0 Å². The van der Waals surface area contributed by atoms with Crippen molar-refractivity contribution in [2.75, 3.05) is 0 Å². The largest absolute Gasteiger partial charge is 0.425 e. The Morgan fingerprint density at radius 3 is 1.85 bits per heavy atom. The molecule has 132 valence electrons. The molecule has 4 rings (SSSR count). The molecule has 0 bridgehead atoms. The maximum absolute atomic E-state index is 12.8. The van der Waals surface area contributed by atoms with Crippen molar-refractivity contribution in [1.82, 2.24) is 9.71 Å². The fourth-order valence-electron chi connectivity index (χ4n) is 3.12. The van der Waals surface area contributed by atoms with Gasteiger partial charge in [0.2, 0.25) is 0 Å². The topological polar surface area (TPSA) is 55.1 Å². The summed E-state index contributed by atoms with van der Waals surface area (Å²) in [5, 5.41) is 10.7. The average molecular weight is 354 g/mol. The van der Waals surface area contributed by atoms with Crippen molar-refractivity contribution >= 4 is 0 Å². The van der Waals surface area contributed by atoms with Crippen LogP contribution < -0.4 is 5.56 Å². The lowest BCUT2D eigenvalue weighted by atomic mass is 10.0. The first kappa shape index (κ1) is 16.8. The minimum Gasteiger partial charge on any atom is -0.425 e. The zero-order valence-electron chi connectivity index (χ0n) is 14.6. The Bertz CT molecular complexity index is 1110. The molecular formula is C23H18N2O2. The summed E-state index contributed by atoms with van der Waals surface area (Å²) in [6, 6.07) is 28.6. The minimum atomic E-state index is -0.502. The molecule has 0 atom stereocenters. The summed E-state index contributed by atoms with van der Waals surface area (Å²) >= 11 is 0. The first-order chi connectivity index (χ1) is 13.2. The van der Waals surface area contributed by atoms with Crippen molar-refractivity contribution in [3.05, 3.63) is 113 Å². The van der Waals surface area contributed by atoms with Crippen LogP contribution in [0.25, 0.3) is 22.5 Å². The van der Waals surface area contributed by atoms with Crippen LogP contribution in [0.1, 0.15) is 11.3 Å². The Hall–Kier alpha value is -3.66. The molecule has 0 aliphatic carbocycles. The van der Waals surface area contributed by atoms with E-state index in [1.165, 1.54) is 0 Å². The highest BCUT2D eigenvalue weighted by molar-refractivity contribution is 5.78. The van der Waals surface area contributed by atoms with E-state index in [1.54, 1.807) is 0 Å². The first-order valence-electron chi connectivity index (χ1n) is 8.74. The van der Waals surface area contributed by atoms with Gasteiger partial charge < -0.3 is 5.21 Å². The van der Waals surface area contributed by atoms with Crippen molar-refractivity contribution in [1.29, 1.82) is 0 Å². The Morgan fingerprint density at radius 1 is 0.741 bits per heavy atom. The standard InChI is InChI=1S/C23H18N2O2/c26-23-20(16-17-10-4-1-5-11-17)24-21(18-12-6-2-7-13-18)22(25(23)27)19-14-8-3-9-15-19/h1-15,27H,16H2. The third-order valence-electron chi connectivity index (χ3n) is 4.43. The monoisotopic (exact) mass is 354 g/mol. The summed E-state index contributed by atoms with van der Waals surface area (Å²) in [7, 11) is 0. The van der Waals surface area contributed by atoms with Crippen molar-refractivity contribution in [2.45, 2.75) is 6.42 Å². The summed E-state index contributed by atoms with van der Waals surface area (Å²) < 4.78 is 0.725. The highest BCUT2D eigenvalue weighted by Crippen LogP contribution is 2.29. The Kier molecular flexibility index (Phi) is 4.54. The predicted octanol–water partition coefficient (Wildman–Crippen LogP) is 4.41. The van der Waals surface area contributed by atoms with Crippen LogP contribution in [0.2, 0.25) is 0 Å². The molecular weight excluding hydrogens is 336 g/mol. The number of benzene rings is 3. The lowest BCUT2D eigenvalue weighted by Gasteiger charge is -2.14. The number of aromatic nitrogens is 2. The Balaban J connectivity index is 1.94. The third-order valence-corrected chi connectivity index (χ3v) is 4.43. The van der Waals surface area contributed by atoms with Gasteiger partial charge in [0.25, 0.3) is 0 Å². The van der Waals surface area contributed by atoms with Gasteiger partial charge in [0.05, 0.1) is 5.69 Å². The molecule has 1 N–H and O–H groups in total. The second-order valence-electron chi connectivity index (χ2n) is 6.27. The van der Waals surface area contributed by atoms with E-state index in [4.69, 9.17) is 0 Å². The molecule has 4 heteroatoms. The molecule has 27 heavy (non-hydrogen) atoms. The second-order valence-corrected chi connectivity index (χ2v) is 6.27. The molecule has 0 amide bonds. The van der Waals surface area contributed by atoms with Crippen molar-refractivity contribution in [3.63, 3.8) is 0 Å². The van der Waals surface area contributed by atoms with Gasteiger partial charge >= 0.3 is 5.56 Å². The van der Waals surface area contributed by atoms with Crippen LogP contribution in [-0.4, -0.2) is 14.9 Å². The predicted molar refractivity (Wildman–Crippen MR) is 106 cm³/mol. The quantitative estimate of drug-likeness (QED) is 0.553. The fraction of sp³-hybridized carbons (Fsp3) is 0.0435. The Labute approximate surface area is 157 Å². The fourth-order valence-corrected chi connectivity index (χ4v) is 3.12. The molecule has 1 aromatic heterocycles. The zero-order valence-corrected chi connectivity index (χ0v) is 14.6. The van der Waals surface area contributed by atoms with Gasteiger partial charge in [-0.25, -0.2) is 4.98 Å². The van der Waals surface area contributed by atoms with E-state index >= 15 is 0 Å². The lowest BCUT2D eigenvalue weighted by Crippen LogP contribution is -2.26. The summed E-state index contributed by atoms with van der Waals surface area (Å²) in [5.74, 6) is 0. The van der Waals surface area contributed by atoms with Gasteiger partial charge in [0.1, 0.15) is 11.4 Å². The molecule has 4 nitrogen and oxygen atoms in total. The molecule has 0 fully saturated rings. The smallest absolute Gasteiger partial charge is 0.305 e. The summed E-state index contributed by atoms with van der Waals surface area (Å²) in [5.41, 5.74) is 3.31. The van der Waals surface area contributed by atoms with Crippen LogP contribution in [0.3, 0.4) is 0 Å². The van der Waals surface area contributed by atoms with Gasteiger partial charge in [-0.15, -0.1) is 4.73 Å². The molecule has 0 aliphatic rings. The van der Waals surface area contributed by atoms with E-state index in [0.29, 0.717) is 23.5 Å². The van der Waals surface area contributed by atoms with E-state index in [2.05, 4.69) is 4.98 Å². The van der Waals surface area contributed by atoms with E-state index in [1.807, 2.05) is 91.0 Å². The van der Waals surface area contributed by atoms with Gasteiger partial charge in [-0.1, -0.05) is 91.0 Å². The van der Waals surface area contributed by atoms with Crippen LogP contribution in [0, 0.1) is 0 Å². The Morgan fingerprint density at radius 2 is 1.26 bits per heavy atom. The van der Waals surface area contributed by atoms with E-state index in [0.717, 1.165) is 21.4 Å². The second kappa shape index (κ2) is 7.30. The van der Waals surface area contributed by atoms with Gasteiger partial charge in [-0.2, -0.15) is 0 Å². The third kappa shape index (κ3) is 3.37. The lowest BCUT2D eigenvalue weighted by molar-refractivity contribution is 0.178. The van der Waals surface area contributed by atoms with Gasteiger partial charge in [0, 0.05) is 17.5 Å². The average Bonchev–Trinajstić information content (AvgIpc) is 2.73. The van der Waals surface area contributed by atoms with E-state index < -0.39 is 5.56 Å². The maximum Gasteiger partial charge on any atom is 0.305 e. The molecule has 0 radical (unpaired) electrons. The van der Waals surface area contributed by atoms with Crippen LogP contribution in [0.15, 0.2) is 95.8 Å². The number of nitrogens with zero attached hydrogens (tertiary/aromatic N) is 2. The number of hydrogen-bond donors (Lipinski definition) is 1. The SMILES string of the molecule is O=c1c(Cc2ccccc2)nc(-c2ccccc2)c(-c2ccccc2)n1O. The van der Waals surface area contributed by atoms with Gasteiger partial charge in [-0.3, -0.25) is 4.79 Å². The van der Waals surface area contributed by atoms with Crippen LogP contribution in [0.5, 0.6) is 0 Å². The summed E-state index contributed by atoms with van der Waals surface area (Å²) in [6.45, 7) is 0. The molecule has 4 aromatic rings.